The van der Waals surface area contributed by atoms with Gasteiger partial charge in [-0.15, -0.1) is 0 Å². The van der Waals surface area contributed by atoms with Gasteiger partial charge in [-0.3, -0.25) is 9.59 Å². The Morgan fingerprint density at radius 3 is 1.93 bits per heavy atom. The summed E-state index contributed by atoms with van der Waals surface area (Å²) in [5.74, 6) is -0.0466. The Hall–Kier alpha value is -3.60. The molecule has 1 aliphatic heterocycles. The van der Waals surface area contributed by atoms with Gasteiger partial charge in [0.15, 0.2) is 0 Å². The third-order valence-corrected chi connectivity index (χ3v) is 5.38. The van der Waals surface area contributed by atoms with E-state index in [1.807, 2.05) is 65.6 Å². The van der Waals surface area contributed by atoms with Crippen LogP contribution in [0.1, 0.15) is 26.3 Å². The molecular formula is C25H25N3O2. The van der Waals surface area contributed by atoms with Crippen LogP contribution in [0.5, 0.6) is 0 Å². The average Bonchev–Trinajstić information content (AvgIpc) is 2.83. The van der Waals surface area contributed by atoms with Gasteiger partial charge in [-0.05, 0) is 42.0 Å². The minimum atomic E-state index is -0.105. The van der Waals surface area contributed by atoms with Crippen molar-refractivity contribution in [1.29, 1.82) is 0 Å². The molecule has 5 nitrogen and oxygen atoms in total. The smallest absolute Gasteiger partial charge is 0.253 e. The van der Waals surface area contributed by atoms with Crippen molar-refractivity contribution < 1.29 is 9.59 Å². The molecule has 30 heavy (non-hydrogen) atoms. The van der Waals surface area contributed by atoms with Gasteiger partial charge in [-0.1, -0.05) is 48.5 Å². The second-order valence-corrected chi connectivity index (χ2v) is 7.36. The van der Waals surface area contributed by atoms with Gasteiger partial charge in [0.05, 0.1) is 0 Å². The van der Waals surface area contributed by atoms with Crippen molar-refractivity contribution in [2.24, 2.45) is 0 Å². The molecule has 0 radical (unpaired) electrons. The first-order valence-electron chi connectivity index (χ1n) is 10.2. The predicted octanol–water partition coefficient (Wildman–Crippen LogP) is 3.58. The minimum absolute atomic E-state index is 0.0579. The van der Waals surface area contributed by atoms with Crippen LogP contribution in [-0.4, -0.2) is 42.9 Å². The number of carbonyl (C=O) groups excluding carboxylic acids is 2. The second-order valence-electron chi connectivity index (χ2n) is 7.36. The van der Waals surface area contributed by atoms with Crippen LogP contribution < -0.4 is 10.2 Å². The highest BCUT2D eigenvalue weighted by Gasteiger charge is 2.22. The van der Waals surface area contributed by atoms with E-state index < -0.39 is 0 Å². The van der Waals surface area contributed by atoms with Gasteiger partial charge in [-0.25, -0.2) is 0 Å². The molecule has 0 unspecified atom stereocenters. The number of carbonyl (C=O) groups is 2. The Morgan fingerprint density at radius 1 is 0.700 bits per heavy atom. The molecule has 1 fully saturated rings. The fourth-order valence-electron chi connectivity index (χ4n) is 3.63. The molecule has 3 aromatic carbocycles. The molecule has 5 heteroatoms. The second kappa shape index (κ2) is 9.27. The lowest BCUT2D eigenvalue weighted by molar-refractivity contribution is 0.0746. The summed E-state index contributed by atoms with van der Waals surface area (Å²) in [6, 6.07) is 26.9. The number of nitrogens with zero attached hydrogens (tertiary/aromatic N) is 2. The Labute approximate surface area is 176 Å². The van der Waals surface area contributed by atoms with Gasteiger partial charge in [0.1, 0.15) is 0 Å². The highest BCUT2D eigenvalue weighted by molar-refractivity contribution is 5.95. The Kier molecular flexibility index (Phi) is 6.09. The number of nitrogens with one attached hydrogen (secondary N) is 1. The standard InChI is InChI=1S/C25H25N3O2/c29-24(21-7-3-1-4-8-21)26-19-20-11-13-22(14-12-20)25(30)28-17-15-27(16-18-28)23-9-5-2-6-10-23/h1-14H,15-19H2,(H,26,29). The number of benzene rings is 3. The van der Waals surface area contributed by atoms with E-state index in [9.17, 15) is 9.59 Å². The molecule has 0 aromatic heterocycles. The van der Waals surface area contributed by atoms with Crippen LogP contribution in [0, 0.1) is 0 Å². The third kappa shape index (κ3) is 4.69. The molecule has 0 aliphatic carbocycles. The van der Waals surface area contributed by atoms with Crippen molar-refractivity contribution in [3.8, 4) is 0 Å². The Balaban J connectivity index is 1.30. The highest BCUT2D eigenvalue weighted by Crippen LogP contribution is 2.17. The van der Waals surface area contributed by atoms with Crippen molar-refractivity contribution >= 4 is 17.5 Å². The zero-order chi connectivity index (χ0) is 20.8. The molecule has 0 spiro atoms. The van der Waals surface area contributed by atoms with Crippen molar-refractivity contribution in [2.75, 3.05) is 31.1 Å². The summed E-state index contributed by atoms with van der Waals surface area (Å²) in [7, 11) is 0. The predicted molar refractivity (Wildman–Crippen MR) is 119 cm³/mol. The fraction of sp³-hybridized carbons (Fsp3) is 0.200. The van der Waals surface area contributed by atoms with Crippen LogP contribution in [0.4, 0.5) is 5.69 Å². The summed E-state index contributed by atoms with van der Waals surface area (Å²) in [4.78, 5) is 29.2. The highest BCUT2D eigenvalue weighted by atomic mass is 16.2. The SMILES string of the molecule is O=C(NCc1ccc(C(=O)N2CCN(c3ccccc3)CC2)cc1)c1ccccc1. The zero-order valence-electron chi connectivity index (χ0n) is 16.8. The number of anilines is 1. The van der Waals surface area contributed by atoms with E-state index in [2.05, 4.69) is 22.3 Å². The number of piperazine rings is 1. The average molecular weight is 399 g/mol. The number of amides is 2. The van der Waals surface area contributed by atoms with Crippen LogP contribution in [0.25, 0.3) is 0 Å². The largest absolute Gasteiger partial charge is 0.368 e. The van der Waals surface area contributed by atoms with Crippen LogP contribution >= 0.6 is 0 Å². The van der Waals surface area contributed by atoms with Crippen molar-refractivity contribution in [3.63, 3.8) is 0 Å². The molecule has 0 saturated carbocycles. The normalized spacial score (nSPS) is 13.7. The minimum Gasteiger partial charge on any atom is -0.368 e. The quantitative estimate of drug-likeness (QED) is 0.714. The van der Waals surface area contributed by atoms with Crippen LogP contribution in [0.2, 0.25) is 0 Å². The number of para-hydroxylation sites is 1. The number of rotatable bonds is 5. The summed E-state index contributed by atoms with van der Waals surface area (Å²) < 4.78 is 0. The van der Waals surface area contributed by atoms with Gasteiger partial charge in [0.2, 0.25) is 0 Å². The van der Waals surface area contributed by atoms with Gasteiger partial charge >= 0.3 is 0 Å². The van der Waals surface area contributed by atoms with E-state index in [1.165, 1.54) is 5.69 Å². The lowest BCUT2D eigenvalue weighted by Crippen LogP contribution is -2.48. The molecule has 1 saturated heterocycles. The van der Waals surface area contributed by atoms with Crippen LogP contribution in [-0.2, 0) is 6.54 Å². The molecular weight excluding hydrogens is 374 g/mol. The summed E-state index contributed by atoms with van der Waals surface area (Å²) >= 11 is 0. The first kappa shape index (κ1) is 19.7. The molecule has 2 amide bonds. The maximum absolute atomic E-state index is 12.8. The maximum Gasteiger partial charge on any atom is 0.253 e. The van der Waals surface area contributed by atoms with E-state index in [0.717, 1.165) is 18.7 Å². The molecule has 1 N–H and O–H groups in total. The topological polar surface area (TPSA) is 52.7 Å². The molecule has 0 atom stereocenters. The van der Waals surface area contributed by atoms with E-state index in [4.69, 9.17) is 0 Å². The van der Waals surface area contributed by atoms with Crippen molar-refractivity contribution in [2.45, 2.75) is 6.54 Å². The Morgan fingerprint density at radius 2 is 1.30 bits per heavy atom. The molecule has 1 aliphatic rings. The maximum atomic E-state index is 12.8. The first-order valence-corrected chi connectivity index (χ1v) is 10.2. The molecule has 152 valence electrons. The van der Waals surface area contributed by atoms with Crippen LogP contribution in [0.15, 0.2) is 84.9 Å². The summed E-state index contributed by atoms with van der Waals surface area (Å²) in [5.41, 5.74) is 3.48. The fourth-order valence-corrected chi connectivity index (χ4v) is 3.63. The van der Waals surface area contributed by atoms with Gasteiger partial charge in [0, 0.05) is 49.5 Å². The van der Waals surface area contributed by atoms with Crippen molar-refractivity contribution in [1.82, 2.24) is 10.2 Å². The Bertz CT molecular complexity index is 980. The number of hydrogen-bond acceptors (Lipinski definition) is 3. The lowest BCUT2D eigenvalue weighted by Gasteiger charge is -2.36. The molecule has 3 aromatic rings. The van der Waals surface area contributed by atoms with Crippen LogP contribution in [0.3, 0.4) is 0 Å². The van der Waals surface area contributed by atoms with E-state index in [1.54, 1.807) is 12.1 Å². The summed E-state index contributed by atoms with van der Waals surface area (Å²) in [5, 5.41) is 2.91. The van der Waals surface area contributed by atoms with Crippen molar-refractivity contribution in [3.05, 3.63) is 102 Å². The number of hydrogen-bond donors (Lipinski definition) is 1. The van der Waals surface area contributed by atoms with Gasteiger partial charge in [-0.2, -0.15) is 0 Å². The van der Waals surface area contributed by atoms with E-state index in [-0.39, 0.29) is 11.8 Å². The molecule has 0 bridgehead atoms. The summed E-state index contributed by atoms with van der Waals surface area (Å²) in [6.07, 6.45) is 0. The summed E-state index contributed by atoms with van der Waals surface area (Å²) in [6.45, 7) is 3.52. The zero-order valence-corrected chi connectivity index (χ0v) is 16.8. The lowest BCUT2D eigenvalue weighted by atomic mass is 10.1. The first-order chi connectivity index (χ1) is 14.7. The monoisotopic (exact) mass is 399 g/mol. The van der Waals surface area contributed by atoms with Gasteiger partial charge < -0.3 is 15.1 Å². The molecule has 4 rings (SSSR count). The van der Waals surface area contributed by atoms with E-state index in [0.29, 0.717) is 30.8 Å². The third-order valence-electron chi connectivity index (χ3n) is 5.38. The van der Waals surface area contributed by atoms with E-state index >= 15 is 0 Å². The van der Waals surface area contributed by atoms with Gasteiger partial charge in [0.25, 0.3) is 11.8 Å². The molecule has 1 heterocycles.